The molecule has 0 radical (unpaired) electrons. The molecule has 7 heteroatoms. The molecule has 128 valence electrons. The van der Waals surface area contributed by atoms with E-state index in [1.54, 1.807) is 6.92 Å². The minimum absolute atomic E-state index is 0.00119. The van der Waals surface area contributed by atoms with Crippen LogP contribution in [0.5, 0.6) is 0 Å². The zero-order valence-corrected chi connectivity index (χ0v) is 15.0. The van der Waals surface area contributed by atoms with Gasteiger partial charge in [0.25, 0.3) is 5.91 Å². The van der Waals surface area contributed by atoms with Crippen LogP contribution >= 0.6 is 0 Å². The van der Waals surface area contributed by atoms with Crippen LogP contribution in [0.3, 0.4) is 0 Å². The highest BCUT2D eigenvalue weighted by molar-refractivity contribution is 7.91. The molecule has 0 bridgehead atoms. The molecule has 1 aliphatic heterocycles. The second kappa shape index (κ2) is 5.06. The van der Waals surface area contributed by atoms with Crippen LogP contribution in [0.15, 0.2) is 6.07 Å². The predicted molar refractivity (Wildman–Crippen MR) is 88.3 cm³/mol. The normalized spacial score (nSPS) is 27.1. The maximum absolute atomic E-state index is 12.6. The SMILES string of the molecule is CC1(NC(=O)c2cc(C3CC3)n(C(C)(C)C)n2)CCS(=O)(=O)C1. The van der Waals surface area contributed by atoms with Gasteiger partial charge in [-0.15, -0.1) is 0 Å². The number of carbonyl (C=O) groups excluding carboxylic acids is 1. The largest absolute Gasteiger partial charge is 0.344 e. The first kappa shape index (κ1) is 16.5. The lowest BCUT2D eigenvalue weighted by Crippen LogP contribution is -2.47. The van der Waals surface area contributed by atoms with E-state index >= 15 is 0 Å². The lowest BCUT2D eigenvalue weighted by Gasteiger charge is -2.23. The molecule has 1 aliphatic carbocycles. The van der Waals surface area contributed by atoms with Gasteiger partial charge >= 0.3 is 0 Å². The first-order chi connectivity index (χ1) is 10.5. The van der Waals surface area contributed by atoms with E-state index < -0.39 is 15.4 Å². The van der Waals surface area contributed by atoms with Crippen LogP contribution < -0.4 is 5.32 Å². The van der Waals surface area contributed by atoms with Crippen LogP contribution in [-0.4, -0.2) is 41.2 Å². The Balaban J connectivity index is 1.83. The zero-order valence-electron chi connectivity index (χ0n) is 14.2. The molecule has 1 atom stereocenters. The van der Waals surface area contributed by atoms with E-state index in [1.807, 2.05) is 10.7 Å². The second-order valence-electron chi connectivity index (χ2n) is 8.17. The molecule has 1 unspecified atom stereocenters. The number of nitrogens with one attached hydrogen (secondary N) is 1. The van der Waals surface area contributed by atoms with Gasteiger partial charge in [-0.3, -0.25) is 9.48 Å². The van der Waals surface area contributed by atoms with Crippen LogP contribution in [0.4, 0.5) is 0 Å². The number of nitrogens with zero attached hydrogens (tertiary/aromatic N) is 2. The molecule has 1 amide bonds. The first-order valence-corrected chi connectivity index (χ1v) is 9.95. The minimum Gasteiger partial charge on any atom is -0.344 e. The fourth-order valence-electron chi connectivity index (χ4n) is 3.16. The topological polar surface area (TPSA) is 81.1 Å². The standard InChI is InChI=1S/C16H25N3O3S/c1-15(2,3)19-13(11-5-6-11)9-12(18-19)14(20)17-16(4)7-8-23(21,22)10-16/h9,11H,5-8,10H2,1-4H3,(H,17,20). The second-order valence-corrected chi connectivity index (χ2v) is 10.4. The van der Waals surface area contributed by atoms with Crippen LogP contribution in [-0.2, 0) is 15.4 Å². The van der Waals surface area contributed by atoms with Crippen LogP contribution in [0, 0.1) is 0 Å². The summed E-state index contributed by atoms with van der Waals surface area (Å²) in [5, 5.41) is 7.39. The van der Waals surface area contributed by atoms with Gasteiger partial charge in [0, 0.05) is 11.6 Å². The molecule has 1 aromatic heterocycles. The van der Waals surface area contributed by atoms with Gasteiger partial charge in [-0.1, -0.05) is 0 Å². The summed E-state index contributed by atoms with van der Waals surface area (Å²) in [5.74, 6) is 0.342. The van der Waals surface area contributed by atoms with Crippen molar-refractivity contribution in [3.63, 3.8) is 0 Å². The van der Waals surface area contributed by atoms with E-state index in [0.29, 0.717) is 18.0 Å². The molecule has 3 rings (SSSR count). The summed E-state index contributed by atoms with van der Waals surface area (Å²) in [7, 11) is -3.05. The van der Waals surface area contributed by atoms with E-state index in [-0.39, 0.29) is 23.0 Å². The van der Waals surface area contributed by atoms with Gasteiger partial charge in [0.2, 0.25) is 0 Å². The van der Waals surface area contributed by atoms with Crippen molar-refractivity contribution < 1.29 is 13.2 Å². The number of hydrogen-bond donors (Lipinski definition) is 1. The fourth-order valence-corrected chi connectivity index (χ4v) is 5.25. The van der Waals surface area contributed by atoms with Crippen LogP contribution in [0.1, 0.15) is 69.1 Å². The third-order valence-corrected chi connectivity index (χ3v) is 6.42. The van der Waals surface area contributed by atoms with Crippen molar-refractivity contribution in [1.82, 2.24) is 15.1 Å². The van der Waals surface area contributed by atoms with E-state index in [0.717, 1.165) is 18.5 Å². The van der Waals surface area contributed by atoms with Gasteiger partial charge in [0.15, 0.2) is 9.84 Å². The molecule has 1 N–H and O–H groups in total. The van der Waals surface area contributed by atoms with Gasteiger partial charge in [0.1, 0.15) is 5.69 Å². The van der Waals surface area contributed by atoms with Crippen molar-refractivity contribution in [1.29, 1.82) is 0 Å². The number of hydrogen-bond acceptors (Lipinski definition) is 4. The number of sulfone groups is 1. The summed E-state index contributed by atoms with van der Waals surface area (Å²) in [6.45, 7) is 7.99. The van der Waals surface area contributed by atoms with Gasteiger partial charge in [-0.2, -0.15) is 5.10 Å². The summed E-state index contributed by atoms with van der Waals surface area (Å²) in [6, 6.07) is 1.87. The van der Waals surface area contributed by atoms with Gasteiger partial charge < -0.3 is 5.32 Å². The number of aromatic nitrogens is 2. The van der Waals surface area contributed by atoms with Crippen molar-refractivity contribution in [2.45, 2.75) is 64.0 Å². The minimum atomic E-state index is -3.05. The Morgan fingerprint density at radius 1 is 1.39 bits per heavy atom. The molecule has 0 aromatic carbocycles. The molecule has 2 aliphatic rings. The zero-order chi connectivity index (χ0) is 17.0. The van der Waals surface area contributed by atoms with Crippen molar-refractivity contribution in [3.05, 3.63) is 17.5 Å². The molecule has 23 heavy (non-hydrogen) atoms. The Hall–Kier alpha value is -1.37. The number of carbonyl (C=O) groups is 1. The maximum Gasteiger partial charge on any atom is 0.272 e. The molecule has 1 aromatic rings. The van der Waals surface area contributed by atoms with Crippen molar-refractivity contribution in [2.24, 2.45) is 0 Å². The lowest BCUT2D eigenvalue weighted by atomic mass is 10.0. The Morgan fingerprint density at radius 2 is 2.04 bits per heavy atom. The highest BCUT2D eigenvalue weighted by atomic mass is 32.2. The first-order valence-electron chi connectivity index (χ1n) is 8.13. The van der Waals surface area contributed by atoms with Crippen LogP contribution in [0.2, 0.25) is 0 Å². The Labute approximate surface area is 137 Å². The summed E-state index contributed by atoms with van der Waals surface area (Å²) in [4.78, 5) is 12.6. The average molecular weight is 339 g/mol. The van der Waals surface area contributed by atoms with Gasteiger partial charge in [-0.05, 0) is 53.0 Å². The van der Waals surface area contributed by atoms with Crippen LogP contribution in [0.25, 0.3) is 0 Å². The molecule has 2 fully saturated rings. The molecule has 6 nitrogen and oxygen atoms in total. The quantitative estimate of drug-likeness (QED) is 0.911. The molecule has 1 saturated heterocycles. The van der Waals surface area contributed by atoms with Gasteiger partial charge in [-0.25, -0.2) is 8.42 Å². The van der Waals surface area contributed by atoms with E-state index in [2.05, 4.69) is 31.2 Å². The lowest BCUT2D eigenvalue weighted by molar-refractivity contribution is 0.0908. The molecule has 1 saturated carbocycles. The summed E-state index contributed by atoms with van der Waals surface area (Å²) in [5.41, 5.74) is 0.609. The smallest absolute Gasteiger partial charge is 0.272 e. The fraction of sp³-hybridized carbons (Fsp3) is 0.750. The summed E-state index contributed by atoms with van der Waals surface area (Å²) < 4.78 is 25.3. The van der Waals surface area contributed by atoms with E-state index in [4.69, 9.17) is 0 Å². The van der Waals surface area contributed by atoms with Crippen molar-refractivity contribution in [2.75, 3.05) is 11.5 Å². The van der Waals surface area contributed by atoms with Crippen molar-refractivity contribution in [3.8, 4) is 0 Å². The Kier molecular flexibility index (Phi) is 3.63. The predicted octanol–water partition coefficient (Wildman–Crippen LogP) is 1.82. The Morgan fingerprint density at radius 3 is 2.52 bits per heavy atom. The third kappa shape index (κ3) is 3.44. The third-order valence-electron chi connectivity index (χ3n) is 4.52. The molecule has 0 spiro atoms. The maximum atomic E-state index is 12.6. The number of rotatable bonds is 3. The highest BCUT2D eigenvalue weighted by Gasteiger charge is 2.40. The summed E-state index contributed by atoms with van der Waals surface area (Å²) >= 11 is 0. The highest BCUT2D eigenvalue weighted by Crippen LogP contribution is 2.41. The monoisotopic (exact) mass is 339 g/mol. The molecule has 2 heterocycles. The van der Waals surface area contributed by atoms with Gasteiger partial charge in [0.05, 0.1) is 22.6 Å². The summed E-state index contributed by atoms with van der Waals surface area (Å²) in [6.07, 6.45) is 2.73. The number of amides is 1. The molecular weight excluding hydrogens is 314 g/mol. The Bertz CT molecular complexity index is 741. The van der Waals surface area contributed by atoms with E-state index in [9.17, 15) is 13.2 Å². The molecular formula is C16H25N3O3S. The average Bonchev–Trinajstić information content (AvgIpc) is 3.05. The van der Waals surface area contributed by atoms with Crippen molar-refractivity contribution >= 4 is 15.7 Å². The van der Waals surface area contributed by atoms with E-state index in [1.165, 1.54) is 0 Å².